The molecule has 0 radical (unpaired) electrons. The Kier molecular flexibility index (Phi) is 17.2. The van der Waals surface area contributed by atoms with Crippen LogP contribution >= 0.6 is 0 Å². The Morgan fingerprint density at radius 2 is 1.36 bits per heavy atom. The van der Waals surface area contributed by atoms with Crippen molar-refractivity contribution in [1.29, 1.82) is 0 Å². The molecule has 0 aliphatic carbocycles. The molecular formula is C11H26NNaO. The molecular weight excluding hydrogens is 185 g/mol. The third-order valence-corrected chi connectivity index (χ3v) is 2.29. The molecule has 0 spiro atoms. The van der Waals surface area contributed by atoms with Gasteiger partial charge in [0, 0.05) is 13.2 Å². The molecule has 0 aliphatic heterocycles. The molecule has 0 aromatic rings. The van der Waals surface area contributed by atoms with E-state index in [-0.39, 0.29) is 31.0 Å². The standard InChI is InChI=1S/C11H25NO.Na.H/c1-3-5-8-12(9-6-4-2)10-7-11-13;;/h13H,3-11H2,1-2H3;;/q;+1;-1. The second-order valence-electron chi connectivity index (χ2n) is 3.63. The molecule has 0 aromatic heterocycles. The van der Waals surface area contributed by atoms with E-state index in [4.69, 9.17) is 5.11 Å². The van der Waals surface area contributed by atoms with Crippen molar-refractivity contribution in [3.8, 4) is 0 Å². The van der Waals surface area contributed by atoms with E-state index in [1.807, 2.05) is 0 Å². The van der Waals surface area contributed by atoms with E-state index in [1.54, 1.807) is 0 Å². The minimum Gasteiger partial charge on any atom is -1.00 e. The maximum absolute atomic E-state index is 8.74. The number of aliphatic hydroxyl groups excluding tert-OH is 1. The van der Waals surface area contributed by atoms with Crippen LogP contribution in [0.15, 0.2) is 0 Å². The maximum atomic E-state index is 8.74. The Bertz CT molecular complexity index is 87.6. The Morgan fingerprint density at radius 3 is 1.71 bits per heavy atom. The Balaban J connectivity index is -0.000000720. The maximum Gasteiger partial charge on any atom is 1.00 e. The van der Waals surface area contributed by atoms with Gasteiger partial charge in [-0.15, -0.1) is 0 Å². The number of nitrogens with zero attached hydrogens (tertiary/aromatic N) is 1. The van der Waals surface area contributed by atoms with Gasteiger partial charge >= 0.3 is 29.6 Å². The van der Waals surface area contributed by atoms with Crippen LogP contribution in [0.3, 0.4) is 0 Å². The van der Waals surface area contributed by atoms with Gasteiger partial charge in [-0.05, 0) is 32.4 Å². The summed E-state index contributed by atoms with van der Waals surface area (Å²) in [6.45, 7) is 8.26. The zero-order chi connectivity index (χ0) is 9.94. The van der Waals surface area contributed by atoms with Crippen molar-refractivity contribution in [3.05, 3.63) is 0 Å². The molecule has 0 fully saturated rings. The van der Waals surface area contributed by atoms with E-state index in [0.717, 1.165) is 13.0 Å². The zero-order valence-electron chi connectivity index (χ0n) is 11.3. The van der Waals surface area contributed by atoms with E-state index >= 15 is 0 Å². The molecule has 82 valence electrons. The van der Waals surface area contributed by atoms with E-state index in [9.17, 15) is 0 Å². The predicted molar refractivity (Wildman–Crippen MR) is 59.1 cm³/mol. The second kappa shape index (κ2) is 13.9. The molecule has 1 N–H and O–H groups in total. The minimum atomic E-state index is 0. The summed E-state index contributed by atoms with van der Waals surface area (Å²) in [7, 11) is 0. The van der Waals surface area contributed by atoms with Gasteiger partial charge in [0.05, 0.1) is 0 Å². The van der Waals surface area contributed by atoms with Gasteiger partial charge in [0.2, 0.25) is 0 Å². The second-order valence-corrected chi connectivity index (χ2v) is 3.63. The largest absolute Gasteiger partial charge is 1.00 e. The van der Waals surface area contributed by atoms with Crippen molar-refractivity contribution in [2.45, 2.75) is 46.0 Å². The fraction of sp³-hybridized carbons (Fsp3) is 1.00. The molecule has 0 bridgehead atoms. The quantitative estimate of drug-likeness (QED) is 0.514. The molecule has 0 aromatic carbocycles. The Labute approximate surface area is 113 Å². The molecule has 0 heterocycles. The Hall–Kier alpha value is 0.920. The molecule has 0 saturated heterocycles. The van der Waals surface area contributed by atoms with Crippen LogP contribution in [0.5, 0.6) is 0 Å². The summed E-state index contributed by atoms with van der Waals surface area (Å²) < 4.78 is 0. The van der Waals surface area contributed by atoms with Crippen molar-refractivity contribution in [1.82, 2.24) is 4.90 Å². The first-order valence-corrected chi connectivity index (χ1v) is 5.68. The minimum absolute atomic E-state index is 0. The number of unbranched alkanes of at least 4 members (excludes halogenated alkanes) is 2. The van der Waals surface area contributed by atoms with Crippen molar-refractivity contribution in [2.24, 2.45) is 0 Å². The van der Waals surface area contributed by atoms with E-state index in [2.05, 4.69) is 18.7 Å². The summed E-state index contributed by atoms with van der Waals surface area (Å²) in [5.41, 5.74) is 0. The molecule has 0 aliphatic rings. The normalized spacial score (nSPS) is 10.3. The van der Waals surface area contributed by atoms with Gasteiger partial charge in [-0.2, -0.15) is 0 Å². The molecule has 0 saturated carbocycles. The van der Waals surface area contributed by atoms with Crippen LogP contribution in [0.2, 0.25) is 0 Å². The molecule has 2 nitrogen and oxygen atoms in total. The fourth-order valence-corrected chi connectivity index (χ4v) is 1.39. The van der Waals surface area contributed by atoms with Crippen molar-refractivity contribution in [3.63, 3.8) is 0 Å². The van der Waals surface area contributed by atoms with Gasteiger partial charge in [0.1, 0.15) is 0 Å². The van der Waals surface area contributed by atoms with E-state index in [1.165, 1.54) is 38.8 Å². The average Bonchev–Trinajstić information content (AvgIpc) is 2.17. The van der Waals surface area contributed by atoms with Gasteiger partial charge in [0.15, 0.2) is 0 Å². The van der Waals surface area contributed by atoms with Crippen molar-refractivity contribution in [2.75, 3.05) is 26.2 Å². The molecule has 14 heavy (non-hydrogen) atoms. The van der Waals surface area contributed by atoms with Crippen LogP contribution in [-0.2, 0) is 0 Å². The number of aliphatic hydroxyl groups is 1. The molecule has 0 unspecified atom stereocenters. The third-order valence-electron chi connectivity index (χ3n) is 2.29. The summed E-state index contributed by atoms with van der Waals surface area (Å²) in [5, 5.41) is 8.74. The first-order valence-electron chi connectivity index (χ1n) is 5.68. The molecule has 0 rings (SSSR count). The van der Waals surface area contributed by atoms with Crippen LogP contribution in [0, 0.1) is 0 Å². The number of hydrogen-bond donors (Lipinski definition) is 1. The van der Waals surface area contributed by atoms with Gasteiger partial charge in [-0.25, -0.2) is 0 Å². The van der Waals surface area contributed by atoms with Gasteiger partial charge < -0.3 is 11.4 Å². The fourth-order valence-electron chi connectivity index (χ4n) is 1.39. The van der Waals surface area contributed by atoms with Gasteiger partial charge in [-0.3, -0.25) is 0 Å². The predicted octanol–water partition coefficient (Wildman–Crippen LogP) is -0.612. The summed E-state index contributed by atoms with van der Waals surface area (Å²) in [6.07, 6.45) is 6.03. The van der Waals surface area contributed by atoms with Crippen molar-refractivity contribution < 1.29 is 36.1 Å². The topological polar surface area (TPSA) is 23.5 Å². The van der Waals surface area contributed by atoms with Crippen LogP contribution in [0.1, 0.15) is 47.4 Å². The van der Waals surface area contributed by atoms with Crippen molar-refractivity contribution >= 4 is 0 Å². The molecule has 0 amide bonds. The van der Waals surface area contributed by atoms with Crippen LogP contribution in [0.4, 0.5) is 0 Å². The third kappa shape index (κ3) is 11.0. The first kappa shape index (κ1) is 17.3. The Morgan fingerprint density at radius 1 is 0.929 bits per heavy atom. The summed E-state index contributed by atoms with van der Waals surface area (Å²) >= 11 is 0. The van der Waals surface area contributed by atoms with Gasteiger partial charge in [0.25, 0.3) is 0 Å². The van der Waals surface area contributed by atoms with E-state index in [0.29, 0.717) is 6.61 Å². The summed E-state index contributed by atoms with van der Waals surface area (Å²) in [4.78, 5) is 2.48. The summed E-state index contributed by atoms with van der Waals surface area (Å²) in [6, 6.07) is 0. The van der Waals surface area contributed by atoms with Crippen LogP contribution in [0.25, 0.3) is 0 Å². The smallest absolute Gasteiger partial charge is 1.00 e. The summed E-state index contributed by atoms with van der Waals surface area (Å²) in [5.74, 6) is 0. The number of rotatable bonds is 9. The monoisotopic (exact) mass is 211 g/mol. The van der Waals surface area contributed by atoms with Crippen LogP contribution in [-0.4, -0.2) is 36.2 Å². The zero-order valence-corrected chi connectivity index (χ0v) is 12.3. The average molecular weight is 211 g/mol. The van der Waals surface area contributed by atoms with Gasteiger partial charge in [-0.1, -0.05) is 26.7 Å². The number of hydrogen-bond acceptors (Lipinski definition) is 2. The van der Waals surface area contributed by atoms with Crippen LogP contribution < -0.4 is 29.6 Å². The van der Waals surface area contributed by atoms with E-state index < -0.39 is 0 Å². The first-order chi connectivity index (χ1) is 6.35. The molecule has 3 heteroatoms. The SMILES string of the molecule is CCCCN(CCCC)CCCO.[H-].[Na+]. The molecule has 0 atom stereocenters.